The molecule has 2 rings (SSSR count). The van der Waals surface area contributed by atoms with Crippen LogP contribution in [-0.2, 0) is 14.3 Å². The summed E-state index contributed by atoms with van der Waals surface area (Å²) in [5.41, 5.74) is 0. The number of hydrogen-bond acceptors (Lipinski definition) is 3. The summed E-state index contributed by atoms with van der Waals surface area (Å²) in [7, 11) is 0. The van der Waals surface area contributed by atoms with E-state index >= 15 is 0 Å². The number of carbonyl (C=O) groups excluding carboxylic acids is 2. The lowest BCUT2D eigenvalue weighted by Gasteiger charge is -2.07. The molecule has 0 aromatic rings. The van der Waals surface area contributed by atoms with E-state index in [1.165, 1.54) is 0 Å². The van der Waals surface area contributed by atoms with Crippen LogP contribution in [0.1, 0.15) is 26.7 Å². The molecular formula is C11H16O3. The van der Waals surface area contributed by atoms with Gasteiger partial charge >= 0.3 is 5.97 Å². The molecule has 14 heavy (non-hydrogen) atoms. The van der Waals surface area contributed by atoms with Crippen molar-refractivity contribution in [3.8, 4) is 0 Å². The normalized spacial score (nSPS) is 34.5. The predicted octanol–water partition coefficient (Wildman–Crippen LogP) is 1.41. The smallest absolute Gasteiger partial charge is 0.309 e. The van der Waals surface area contributed by atoms with Crippen molar-refractivity contribution < 1.29 is 14.3 Å². The van der Waals surface area contributed by atoms with E-state index < -0.39 is 0 Å². The molecule has 0 spiro atoms. The summed E-state index contributed by atoms with van der Waals surface area (Å²) in [5, 5.41) is 0. The molecule has 3 nitrogen and oxygen atoms in total. The largest absolute Gasteiger partial charge is 0.465 e. The minimum Gasteiger partial charge on any atom is -0.465 e. The second-order valence-electron chi connectivity index (χ2n) is 4.74. The number of carbonyl (C=O) groups is 2. The Labute approximate surface area is 83.8 Å². The maximum absolute atomic E-state index is 11.5. The van der Waals surface area contributed by atoms with Gasteiger partial charge in [0.1, 0.15) is 5.78 Å². The molecule has 0 heterocycles. The lowest BCUT2D eigenvalue weighted by molar-refractivity contribution is -0.148. The van der Waals surface area contributed by atoms with Gasteiger partial charge in [0.25, 0.3) is 0 Å². The van der Waals surface area contributed by atoms with Crippen molar-refractivity contribution in [1.29, 1.82) is 0 Å². The summed E-state index contributed by atoms with van der Waals surface area (Å²) >= 11 is 0. The van der Waals surface area contributed by atoms with E-state index in [0.29, 0.717) is 24.9 Å². The monoisotopic (exact) mass is 196 g/mol. The van der Waals surface area contributed by atoms with Gasteiger partial charge in [-0.2, -0.15) is 0 Å². The second-order valence-corrected chi connectivity index (χ2v) is 4.74. The highest BCUT2D eigenvalue weighted by atomic mass is 16.5. The minimum atomic E-state index is -0.151. The van der Waals surface area contributed by atoms with E-state index in [0.717, 1.165) is 6.42 Å². The van der Waals surface area contributed by atoms with Crippen molar-refractivity contribution in [3.05, 3.63) is 0 Å². The Balaban J connectivity index is 1.82. The van der Waals surface area contributed by atoms with Crippen LogP contribution in [0.25, 0.3) is 0 Å². The zero-order valence-electron chi connectivity index (χ0n) is 8.66. The molecule has 0 saturated heterocycles. The Morgan fingerprint density at radius 1 is 1.57 bits per heavy atom. The minimum absolute atomic E-state index is 0.0228. The molecule has 0 N–H and O–H groups in total. The van der Waals surface area contributed by atoms with Gasteiger partial charge in [-0.1, -0.05) is 13.8 Å². The van der Waals surface area contributed by atoms with Gasteiger partial charge in [0.2, 0.25) is 0 Å². The average Bonchev–Trinajstić information content (AvgIpc) is 2.74. The Kier molecular flexibility index (Phi) is 2.33. The van der Waals surface area contributed by atoms with Gasteiger partial charge in [0.15, 0.2) is 0 Å². The fourth-order valence-corrected chi connectivity index (χ4v) is 2.31. The SMILES string of the molecule is CC(C)COC(=O)[C@@H]1[C@H]2CCC(=O)[C@H]21. The van der Waals surface area contributed by atoms with Crippen LogP contribution in [-0.4, -0.2) is 18.4 Å². The van der Waals surface area contributed by atoms with Gasteiger partial charge in [0, 0.05) is 12.3 Å². The molecule has 2 aliphatic rings. The number of Topliss-reactive ketones (excluding diaryl/α,β-unsaturated/α-hetero) is 1. The Bertz CT molecular complexity index is 270. The lowest BCUT2D eigenvalue weighted by Crippen LogP contribution is -2.15. The molecule has 0 aromatic heterocycles. The van der Waals surface area contributed by atoms with Crippen molar-refractivity contribution in [1.82, 2.24) is 0 Å². The van der Waals surface area contributed by atoms with Crippen LogP contribution in [0.2, 0.25) is 0 Å². The molecular weight excluding hydrogens is 180 g/mol. The van der Waals surface area contributed by atoms with Crippen LogP contribution in [0.3, 0.4) is 0 Å². The van der Waals surface area contributed by atoms with Crippen LogP contribution < -0.4 is 0 Å². The van der Waals surface area contributed by atoms with Crippen molar-refractivity contribution >= 4 is 11.8 Å². The topological polar surface area (TPSA) is 43.4 Å². The number of fused-ring (bicyclic) bond motifs is 1. The summed E-state index contributed by atoms with van der Waals surface area (Å²) in [6.45, 7) is 4.49. The number of ketones is 1. The van der Waals surface area contributed by atoms with Gasteiger partial charge in [0.05, 0.1) is 12.5 Å². The molecule has 0 bridgehead atoms. The third-order valence-electron chi connectivity index (χ3n) is 3.10. The van der Waals surface area contributed by atoms with Gasteiger partial charge in [-0.25, -0.2) is 0 Å². The molecule has 3 atom stereocenters. The van der Waals surface area contributed by atoms with Gasteiger partial charge in [-0.3, -0.25) is 9.59 Å². The molecule has 0 aliphatic heterocycles. The first-order valence-corrected chi connectivity index (χ1v) is 5.30. The number of ether oxygens (including phenoxy) is 1. The fraction of sp³-hybridized carbons (Fsp3) is 0.818. The Hall–Kier alpha value is -0.860. The van der Waals surface area contributed by atoms with Crippen molar-refractivity contribution in [2.24, 2.45) is 23.7 Å². The summed E-state index contributed by atoms with van der Waals surface area (Å²) in [6.07, 6.45) is 1.56. The third kappa shape index (κ3) is 1.56. The number of hydrogen-bond donors (Lipinski definition) is 0. The quantitative estimate of drug-likeness (QED) is 0.641. The third-order valence-corrected chi connectivity index (χ3v) is 3.10. The highest BCUT2D eigenvalue weighted by Gasteiger charge is 2.62. The summed E-state index contributed by atoms with van der Waals surface area (Å²) < 4.78 is 5.12. The first-order valence-electron chi connectivity index (χ1n) is 5.30. The Morgan fingerprint density at radius 3 is 2.79 bits per heavy atom. The van der Waals surface area contributed by atoms with Crippen molar-refractivity contribution in [2.45, 2.75) is 26.7 Å². The van der Waals surface area contributed by atoms with Crippen LogP contribution in [0.15, 0.2) is 0 Å². The molecule has 0 aromatic carbocycles. The molecule has 0 amide bonds. The number of esters is 1. The molecule has 3 heteroatoms. The van der Waals surface area contributed by atoms with Crippen LogP contribution in [0, 0.1) is 23.7 Å². The van der Waals surface area contributed by atoms with Gasteiger partial charge in [-0.05, 0) is 18.3 Å². The molecule has 2 saturated carbocycles. The Morgan fingerprint density at radius 2 is 2.29 bits per heavy atom. The molecule has 78 valence electrons. The maximum Gasteiger partial charge on any atom is 0.309 e. The van der Waals surface area contributed by atoms with E-state index in [-0.39, 0.29) is 23.6 Å². The number of rotatable bonds is 3. The predicted molar refractivity (Wildman–Crippen MR) is 50.5 cm³/mol. The standard InChI is InChI=1S/C11H16O3/c1-6(2)5-14-11(13)10-7-3-4-8(12)9(7)10/h6-7,9-10H,3-5H2,1-2H3/t7-,9-,10+/m0/s1. The van der Waals surface area contributed by atoms with Crippen LogP contribution in [0.4, 0.5) is 0 Å². The van der Waals surface area contributed by atoms with Crippen molar-refractivity contribution in [3.63, 3.8) is 0 Å². The van der Waals surface area contributed by atoms with E-state index in [1.807, 2.05) is 13.8 Å². The zero-order valence-corrected chi connectivity index (χ0v) is 8.66. The van der Waals surface area contributed by atoms with Gasteiger partial charge in [-0.15, -0.1) is 0 Å². The van der Waals surface area contributed by atoms with Crippen LogP contribution in [0.5, 0.6) is 0 Å². The molecule has 2 aliphatic carbocycles. The van der Waals surface area contributed by atoms with E-state index in [1.54, 1.807) is 0 Å². The first kappa shape index (κ1) is 9.69. The van der Waals surface area contributed by atoms with E-state index in [2.05, 4.69) is 0 Å². The fourth-order valence-electron chi connectivity index (χ4n) is 2.31. The molecule has 0 radical (unpaired) electrons. The van der Waals surface area contributed by atoms with Gasteiger partial charge < -0.3 is 4.74 Å². The lowest BCUT2D eigenvalue weighted by atomic mass is 10.1. The summed E-state index contributed by atoms with van der Waals surface area (Å²) in [5.74, 6) is 0.739. The highest BCUT2D eigenvalue weighted by molar-refractivity contribution is 5.94. The highest BCUT2D eigenvalue weighted by Crippen LogP contribution is 2.55. The first-order chi connectivity index (χ1) is 6.61. The second kappa shape index (κ2) is 3.37. The zero-order chi connectivity index (χ0) is 10.3. The average molecular weight is 196 g/mol. The van der Waals surface area contributed by atoms with Crippen LogP contribution >= 0.6 is 0 Å². The summed E-state index contributed by atoms with van der Waals surface area (Å²) in [6, 6.07) is 0. The van der Waals surface area contributed by atoms with E-state index in [9.17, 15) is 9.59 Å². The summed E-state index contributed by atoms with van der Waals surface area (Å²) in [4.78, 5) is 22.8. The maximum atomic E-state index is 11.5. The molecule has 0 unspecified atom stereocenters. The molecule has 2 fully saturated rings. The van der Waals surface area contributed by atoms with E-state index in [4.69, 9.17) is 4.74 Å². The van der Waals surface area contributed by atoms with Crippen molar-refractivity contribution in [2.75, 3.05) is 6.61 Å².